The van der Waals surface area contributed by atoms with Crippen LogP contribution >= 0.6 is 11.3 Å². The predicted molar refractivity (Wildman–Crippen MR) is 90.2 cm³/mol. The average Bonchev–Trinajstić information content (AvgIpc) is 3.01. The number of benzene rings is 2. The van der Waals surface area contributed by atoms with Crippen molar-refractivity contribution in [2.24, 2.45) is 5.73 Å². The van der Waals surface area contributed by atoms with Gasteiger partial charge in [-0.3, -0.25) is 0 Å². The normalized spacial score (nSPS) is 12.5. The van der Waals surface area contributed by atoms with Crippen molar-refractivity contribution in [3.05, 3.63) is 63.8 Å². The van der Waals surface area contributed by atoms with Gasteiger partial charge in [-0.15, -0.1) is 11.3 Å². The van der Waals surface area contributed by atoms with E-state index < -0.39 is 0 Å². The maximum Gasteiger partial charge on any atom is 0.126 e. The molecule has 0 amide bonds. The molecule has 2 N–H and O–H groups in total. The Balaban J connectivity index is 2.17. The molecule has 3 aromatic rings. The van der Waals surface area contributed by atoms with E-state index in [9.17, 15) is 0 Å². The van der Waals surface area contributed by atoms with Gasteiger partial charge in [0.25, 0.3) is 0 Å². The van der Waals surface area contributed by atoms with Crippen LogP contribution in [0.4, 0.5) is 0 Å². The fourth-order valence-corrected chi connectivity index (χ4v) is 3.81. The molecule has 3 rings (SSSR count). The second-order valence-electron chi connectivity index (χ2n) is 5.04. The molecule has 0 saturated carbocycles. The van der Waals surface area contributed by atoms with E-state index in [4.69, 9.17) is 10.5 Å². The number of aryl methyl sites for hydroxylation is 1. The molecular formula is C18H19NOS. The molecule has 2 nitrogen and oxygen atoms in total. The highest BCUT2D eigenvalue weighted by Crippen LogP contribution is 2.35. The molecule has 0 saturated heterocycles. The molecule has 1 unspecified atom stereocenters. The van der Waals surface area contributed by atoms with Crippen LogP contribution in [0.5, 0.6) is 5.75 Å². The third-order valence-electron chi connectivity index (χ3n) is 3.92. The van der Waals surface area contributed by atoms with Gasteiger partial charge in [-0.05, 0) is 40.4 Å². The van der Waals surface area contributed by atoms with Gasteiger partial charge in [-0.25, -0.2) is 0 Å². The van der Waals surface area contributed by atoms with E-state index in [1.54, 1.807) is 18.4 Å². The summed E-state index contributed by atoms with van der Waals surface area (Å²) < 4.78 is 5.46. The standard InChI is InChI=1S/C18H19NOS/c1-3-12-10-11-21-18(12)17(19)15-8-9-16(20-2)14-7-5-4-6-13(14)15/h4-11,17H,3,19H2,1-2H3. The van der Waals surface area contributed by atoms with Crippen LogP contribution in [0.1, 0.15) is 29.0 Å². The monoisotopic (exact) mass is 297 g/mol. The third kappa shape index (κ3) is 2.43. The second-order valence-corrected chi connectivity index (χ2v) is 5.99. The first-order chi connectivity index (χ1) is 10.3. The lowest BCUT2D eigenvalue weighted by Crippen LogP contribution is -2.12. The Kier molecular flexibility index (Phi) is 3.95. The van der Waals surface area contributed by atoms with Gasteiger partial charge >= 0.3 is 0 Å². The molecule has 0 spiro atoms. The van der Waals surface area contributed by atoms with E-state index in [0.717, 1.165) is 23.1 Å². The maximum atomic E-state index is 6.56. The fourth-order valence-electron chi connectivity index (χ4n) is 2.80. The number of nitrogens with two attached hydrogens (primary N) is 1. The van der Waals surface area contributed by atoms with E-state index in [1.807, 2.05) is 18.2 Å². The first-order valence-corrected chi connectivity index (χ1v) is 8.01. The van der Waals surface area contributed by atoms with Gasteiger partial charge in [-0.2, -0.15) is 0 Å². The van der Waals surface area contributed by atoms with Crippen molar-refractivity contribution in [3.63, 3.8) is 0 Å². The Morgan fingerprint density at radius 3 is 2.57 bits per heavy atom. The van der Waals surface area contributed by atoms with E-state index in [1.165, 1.54) is 15.8 Å². The topological polar surface area (TPSA) is 35.2 Å². The van der Waals surface area contributed by atoms with Crippen LogP contribution in [-0.2, 0) is 6.42 Å². The van der Waals surface area contributed by atoms with Crippen LogP contribution in [0.2, 0.25) is 0 Å². The van der Waals surface area contributed by atoms with Crippen molar-refractivity contribution in [2.45, 2.75) is 19.4 Å². The van der Waals surface area contributed by atoms with Crippen LogP contribution in [0.15, 0.2) is 47.8 Å². The summed E-state index contributed by atoms with van der Waals surface area (Å²) in [7, 11) is 1.70. The van der Waals surface area contributed by atoms with Crippen molar-refractivity contribution >= 4 is 22.1 Å². The van der Waals surface area contributed by atoms with E-state index in [-0.39, 0.29) is 6.04 Å². The van der Waals surface area contributed by atoms with Gasteiger partial charge < -0.3 is 10.5 Å². The minimum absolute atomic E-state index is 0.0873. The molecule has 3 heteroatoms. The van der Waals surface area contributed by atoms with Gasteiger partial charge in [0.1, 0.15) is 5.75 Å². The Morgan fingerprint density at radius 2 is 1.86 bits per heavy atom. The number of thiophene rings is 1. The first-order valence-electron chi connectivity index (χ1n) is 7.13. The summed E-state index contributed by atoms with van der Waals surface area (Å²) in [5.41, 5.74) is 9.06. The Hall–Kier alpha value is -1.84. The van der Waals surface area contributed by atoms with Crippen molar-refractivity contribution in [1.82, 2.24) is 0 Å². The van der Waals surface area contributed by atoms with Gasteiger partial charge in [0.2, 0.25) is 0 Å². The number of rotatable bonds is 4. The summed E-state index contributed by atoms with van der Waals surface area (Å²) in [6, 6.07) is 14.5. The van der Waals surface area contributed by atoms with Crippen molar-refractivity contribution < 1.29 is 4.74 Å². The molecule has 2 aromatic carbocycles. The lowest BCUT2D eigenvalue weighted by molar-refractivity contribution is 0.419. The average molecular weight is 297 g/mol. The lowest BCUT2D eigenvalue weighted by atomic mass is 9.96. The van der Waals surface area contributed by atoms with Crippen molar-refractivity contribution in [3.8, 4) is 5.75 Å². The molecule has 0 radical (unpaired) electrons. The Bertz CT molecular complexity index is 763. The predicted octanol–water partition coefficient (Wildman–Crippen LogP) is 4.52. The molecule has 0 aliphatic heterocycles. The van der Waals surface area contributed by atoms with Crippen LogP contribution in [0.3, 0.4) is 0 Å². The van der Waals surface area contributed by atoms with Crippen LogP contribution in [-0.4, -0.2) is 7.11 Å². The highest BCUT2D eigenvalue weighted by Gasteiger charge is 2.17. The van der Waals surface area contributed by atoms with Gasteiger partial charge in [-0.1, -0.05) is 37.3 Å². The number of ether oxygens (including phenoxy) is 1. The van der Waals surface area contributed by atoms with E-state index >= 15 is 0 Å². The zero-order valence-corrected chi connectivity index (χ0v) is 13.1. The number of hydrogen-bond acceptors (Lipinski definition) is 3. The second kappa shape index (κ2) is 5.88. The molecule has 0 aliphatic rings. The zero-order chi connectivity index (χ0) is 14.8. The highest BCUT2D eigenvalue weighted by atomic mass is 32.1. The quantitative estimate of drug-likeness (QED) is 0.768. The molecule has 0 aliphatic carbocycles. The minimum Gasteiger partial charge on any atom is -0.496 e. The molecule has 1 atom stereocenters. The third-order valence-corrected chi connectivity index (χ3v) is 4.96. The molecule has 21 heavy (non-hydrogen) atoms. The highest BCUT2D eigenvalue weighted by molar-refractivity contribution is 7.10. The smallest absolute Gasteiger partial charge is 0.126 e. The van der Waals surface area contributed by atoms with Gasteiger partial charge in [0.05, 0.1) is 13.2 Å². The Labute approximate surface area is 129 Å². The SMILES string of the molecule is CCc1ccsc1C(N)c1ccc(OC)c2ccccc12. The Morgan fingerprint density at radius 1 is 1.10 bits per heavy atom. The summed E-state index contributed by atoms with van der Waals surface area (Å²) in [5, 5.41) is 4.40. The van der Waals surface area contributed by atoms with Crippen molar-refractivity contribution in [2.75, 3.05) is 7.11 Å². The maximum absolute atomic E-state index is 6.56. The molecule has 108 valence electrons. The van der Waals surface area contributed by atoms with Crippen LogP contribution < -0.4 is 10.5 Å². The number of hydrogen-bond donors (Lipinski definition) is 1. The zero-order valence-electron chi connectivity index (χ0n) is 12.3. The number of fused-ring (bicyclic) bond motifs is 1. The van der Waals surface area contributed by atoms with E-state index in [2.05, 4.69) is 36.6 Å². The summed E-state index contributed by atoms with van der Waals surface area (Å²) >= 11 is 1.74. The molecule has 0 fully saturated rings. The van der Waals surface area contributed by atoms with Crippen LogP contribution in [0, 0.1) is 0 Å². The number of methoxy groups -OCH3 is 1. The van der Waals surface area contributed by atoms with Gasteiger partial charge in [0.15, 0.2) is 0 Å². The molecule has 1 aromatic heterocycles. The summed E-state index contributed by atoms with van der Waals surface area (Å²) in [4.78, 5) is 1.26. The van der Waals surface area contributed by atoms with Crippen LogP contribution in [0.25, 0.3) is 10.8 Å². The van der Waals surface area contributed by atoms with E-state index in [0.29, 0.717) is 0 Å². The van der Waals surface area contributed by atoms with Crippen molar-refractivity contribution in [1.29, 1.82) is 0 Å². The lowest BCUT2D eigenvalue weighted by Gasteiger charge is -2.17. The first kappa shape index (κ1) is 14.1. The summed E-state index contributed by atoms with van der Waals surface area (Å²) in [6.45, 7) is 2.17. The van der Waals surface area contributed by atoms with Gasteiger partial charge in [0, 0.05) is 10.3 Å². The molecule has 0 bridgehead atoms. The largest absolute Gasteiger partial charge is 0.496 e. The molecule has 1 heterocycles. The molecular weight excluding hydrogens is 278 g/mol. The summed E-state index contributed by atoms with van der Waals surface area (Å²) in [6.07, 6.45) is 1.01. The fraction of sp³-hybridized carbons (Fsp3) is 0.222. The minimum atomic E-state index is -0.0873. The summed E-state index contributed by atoms with van der Waals surface area (Å²) in [5.74, 6) is 0.892.